The molecule has 20 heavy (non-hydrogen) atoms. The van der Waals surface area contributed by atoms with Crippen LogP contribution in [0.1, 0.15) is 38.2 Å². The molecule has 5 nitrogen and oxygen atoms in total. The van der Waals surface area contributed by atoms with Gasteiger partial charge in [-0.2, -0.15) is 5.10 Å². The standard InChI is InChI=1S/C15H20N4O/c1-2-3-4-7-10-20-15-9-6-5-8-14(15)11-18-19-12-16-17-13-19/h5-6,8-9,11-13H,2-4,7,10H2,1H3/b18-11+. The van der Waals surface area contributed by atoms with Crippen molar-refractivity contribution in [3.63, 3.8) is 0 Å². The quantitative estimate of drug-likeness (QED) is 0.548. The third-order valence-electron chi connectivity index (χ3n) is 2.91. The number of rotatable bonds is 8. The molecule has 2 aromatic rings. The van der Waals surface area contributed by atoms with E-state index in [9.17, 15) is 0 Å². The number of hydrogen-bond donors (Lipinski definition) is 0. The topological polar surface area (TPSA) is 52.3 Å². The first-order chi connectivity index (χ1) is 9.90. The van der Waals surface area contributed by atoms with Gasteiger partial charge in [-0.05, 0) is 18.6 Å². The van der Waals surface area contributed by atoms with Crippen LogP contribution >= 0.6 is 0 Å². The highest BCUT2D eigenvalue weighted by Gasteiger charge is 2.00. The molecule has 1 aromatic carbocycles. The van der Waals surface area contributed by atoms with Crippen molar-refractivity contribution in [3.8, 4) is 5.75 Å². The van der Waals surface area contributed by atoms with Crippen LogP contribution in [0.25, 0.3) is 0 Å². The average molecular weight is 272 g/mol. The molecule has 0 aliphatic heterocycles. The number of benzene rings is 1. The van der Waals surface area contributed by atoms with Crippen molar-refractivity contribution in [1.82, 2.24) is 14.9 Å². The lowest BCUT2D eigenvalue weighted by Crippen LogP contribution is -2.00. The maximum atomic E-state index is 5.82. The van der Waals surface area contributed by atoms with Crippen LogP contribution in [0, 0.1) is 0 Å². The van der Waals surface area contributed by atoms with Crippen molar-refractivity contribution in [1.29, 1.82) is 0 Å². The Bertz CT molecular complexity index is 522. The summed E-state index contributed by atoms with van der Waals surface area (Å²) in [4.78, 5) is 0. The first-order valence-corrected chi connectivity index (χ1v) is 7.01. The number of hydrogen-bond acceptors (Lipinski definition) is 4. The second-order valence-electron chi connectivity index (χ2n) is 4.53. The summed E-state index contributed by atoms with van der Waals surface area (Å²) in [5.41, 5.74) is 0.955. The van der Waals surface area contributed by atoms with E-state index in [-0.39, 0.29) is 0 Å². The first-order valence-electron chi connectivity index (χ1n) is 7.01. The van der Waals surface area contributed by atoms with Crippen molar-refractivity contribution in [2.75, 3.05) is 6.61 Å². The van der Waals surface area contributed by atoms with E-state index in [0.29, 0.717) is 0 Å². The van der Waals surface area contributed by atoms with Gasteiger partial charge >= 0.3 is 0 Å². The number of ether oxygens (including phenoxy) is 1. The summed E-state index contributed by atoms with van der Waals surface area (Å²) in [5, 5.41) is 11.6. The minimum atomic E-state index is 0.748. The molecule has 0 aliphatic carbocycles. The van der Waals surface area contributed by atoms with Gasteiger partial charge in [0.25, 0.3) is 0 Å². The van der Waals surface area contributed by atoms with Gasteiger partial charge in [-0.25, -0.2) is 4.68 Å². The Balaban J connectivity index is 1.92. The first kappa shape index (κ1) is 14.2. The third kappa shape index (κ3) is 4.50. The number of unbranched alkanes of at least 4 members (excludes halogenated alkanes) is 3. The van der Waals surface area contributed by atoms with E-state index in [1.165, 1.54) is 19.3 Å². The van der Waals surface area contributed by atoms with Crippen LogP contribution < -0.4 is 4.74 Å². The Morgan fingerprint density at radius 1 is 1.15 bits per heavy atom. The molecule has 0 saturated heterocycles. The molecule has 1 heterocycles. The molecule has 0 N–H and O–H groups in total. The smallest absolute Gasteiger partial charge is 0.141 e. The van der Waals surface area contributed by atoms with Gasteiger partial charge in [0, 0.05) is 5.56 Å². The van der Waals surface area contributed by atoms with Gasteiger partial charge in [-0.15, -0.1) is 10.2 Å². The van der Waals surface area contributed by atoms with Gasteiger partial charge < -0.3 is 4.74 Å². The zero-order valence-corrected chi connectivity index (χ0v) is 11.8. The molecule has 0 saturated carbocycles. The largest absolute Gasteiger partial charge is 0.493 e. The molecule has 5 heteroatoms. The zero-order valence-electron chi connectivity index (χ0n) is 11.8. The monoisotopic (exact) mass is 272 g/mol. The molecular weight excluding hydrogens is 252 g/mol. The summed E-state index contributed by atoms with van der Waals surface area (Å²) < 4.78 is 7.38. The molecule has 0 fully saturated rings. The van der Waals surface area contributed by atoms with Crippen LogP contribution in [0.15, 0.2) is 42.0 Å². The second-order valence-corrected chi connectivity index (χ2v) is 4.53. The predicted octanol–water partition coefficient (Wildman–Crippen LogP) is 3.12. The van der Waals surface area contributed by atoms with Gasteiger partial charge in [0.1, 0.15) is 18.4 Å². The van der Waals surface area contributed by atoms with Gasteiger partial charge in [0.15, 0.2) is 0 Å². The molecule has 2 rings (SSSR count). The lowest BCUT2D eigenvalue weighted by molar-refractivity contribution is 0.304. The summed E-state index contributed by atoms with van der Waals surface area (Å²) in [6, 6.07) is 7.89. The predicted molar refractivity (Wildman–Crippen MR) is 79.1 cm³/mol. The van der Waals surface area contributed by atoms with Crippen LogP contribution in [0.4, 0.5) is 0 Å². The van der Waals surface area contributed by atoms with Gasteiger partial charge in [0.05, 0.1) is 12.8 Å². The van der Waals surface area contributed by atoms with Crippen molar-refractivity contribution < 1.29 is 4.74 Å². The number of aromatic nitrogens is 3. The molecule has 0 aliphatic rings. The van der Waals surface area contributed by atoms with Crippen LogP contribution in [0.3, 0.4) is 0 Å². The summed E-state index contributed by atoms with van der Waals surface area (Å²) >= 11 is 0. The molecule has 0 bridgehead atoms. The van der Waals surface area contributed by atoms with Crippen LogP contribution in [0.5, 0.6) is 5.75 Å². The number of nitrogens with zero attached hydrogens (tertiary/aromatic N) is 4. The fourth-order valence-electron chi connectivity index (χ4n) is 1.81. The highest BCUT2D eigenvalue weighted by Crippen LogP contribution is 2.16. The Morgan fingerprint density at radius 3 is 2.75 bits per heavy atom. The molecule has 0 radical (unpaired) electrons. The maximum absolute atomic E-state index is 5.82. The Morgan fingerprint density at radius 2 is 1.95 bits per heavy atom. The Labute approximate surface area is 119 Å². The fraction of sp³-hybridized carbons (Fsp3) is 0.400. The fourth-order valence-corrected chi connectivity index (χ4v) is 1.81. The zero-order chi connectivity index (χ0) is 14.0. The molecular formula is C15H20N4O. The van der Waals surface area contributed by atoms with Crippen LogP contribution in [-0.4, -0.2) is 27.7 Å². The maximum Gasteiger partial charge on any atom is 0.141 e. The van der Waals surface area contributed by atoms with Gasteiger partial charge in [-0.1, -0.05) is 38.3 Å². The van der Waals surface area contributed by atoms with Crippen LogP contribution in [0.2, 0.25) is 0 Å². The summed E-state index contributed by atoms with van der Waals surface area (Å²) in [5.74, 6) is 0.862. The van der Waals surface area contributed by atoms with E-state index in [1.807, 2.05) is 24.3 Å². The second kappa shape index (κ2) is 8.09. The van der Waals surface area contributed by atoms with E-state index < -0.39 is 0 Å². The Hall–Kier alpha value is -2.17. The SMILES string of the molecule is CCCCCCOc1ccccc1/C=N/n1cnnc1. The van der Waals surface area contributed by atoms with E-state index in [2.05, 4.69) is 22.2 Å². The van der Waals surface area contributed by atoms with Gasteiger partial charge in [0.2, 0.25) is 0 Å². The van der Waals surface area contributed by atoms with Crippen molar-refractivity contribution >= 4 is 6.21 Å². The third-order valence-corrected chi connectivity index (χ3v) is 2.91. The van der Waals surface area contributed by atoms with E-state index in [4.69, 9.17) is 4.74 Å². The average Bonchev–Trinajstić information content (AvgIpc) is 2.99. The number of para-hydroxylation sites is 1. The van der Waals surface area contributed by atoms with Crippen molar-refractivity contribution in [2.45, 2.75) is 32.6 Å². The summed E-state index contributed by atoms with van der Waals surface area (Å²) in [6.07, 6.45) is 9.65. The van der Waals surface area contributed by atoms with E-state index in [0.717, 1.165) is 24.3 Å². The van der Waals surface area contributed by atoms with Crippen molar-refractivity contribution in [2.24, 2.45) is 5.10 Å². The highest BCUT2D eigenvalue weighted by molar-refractivity contribution is 5.83. The molecule has 0 amide bonds. The van der Waals surface area contributed by atoms with Gasteiger partial charge in [-0.3, -0.25) is 0 Å². The van der Waals surface area contributed by atoms with E-state index >= 15 is 0 Å². The van der Waals surface area contributed by atoms with E-state index in [1.54, 1.807) is 23.5 Å². The molecule has 0 unspecified atom stereocenters. The van der Waals surface area contributed by atoms with Crippen LogP contribution in [-0.2, 0) is 0 Å². The lowest BCUT2D eigenvalue weighted by Gasteiger charge is -2.08. The summed E-state index contributed by atoms with van der Waals surface area (Å²) in [7, 11) is 0. The molecule has 106 valence electrons. The normalized spacial score (nSPS) is 11.1. The molecule has 0 spiro atoms. The minimum absolute atomic E-state index is 0.748. The molecule has 1 aromatic heterocycles. The van der Waals surface area contributed by atoms with Crippen molar-refractivity contribution in [3.05, 3.63) is 42.5 Å². The summed E-state index contributed by atoms with van der Waals surface area (Å²) in [6.45, 7) is 2.95. The minimum Gasteiger partial charge on any atom is -0.493 e. The Kier molecular flexibility index (Phi) is 5.76. The lowest BCUT2D eigenvalue weighted by atomic mass is 10.2. The highest BCUT2D eigenvalue weighted by atomic mass is 16.5. The molecule has 0 atom stereocenters.